The van der Waals surface area contributed by atoms with Gasteiger partial charge in [-0.3, -0.25) is 0 Å². The van der Waals surface area contributed by atoms with Crippen molar-refractivity contribution in [2.75, 3.05) is 25.6 Å². The fourth-order valence-electron chi connectivity index (χ4n) is 1.40. The van der Waals surface area contributed by atoms with E-state index >= 15 is 0 Å². The predicted molar refractivity (Wildman–Crippen MR) is 66.8 cm³/mol. The molecule has 3 N–H and O–H groups in total. The summed E-state index contributed by atoms with van der Waals surface area (Å²) in [4.78, 5) is 14.9. The highest BCUT2D eigenvalue weighted by molar-refractivity contribution is 5.92. The fourth-order valence-corrected chi connectivity index (χ4v) is 1.40. The smallest absolute Gasteiger partial charge is 0.339 e. The summed E-state index contributed by atoms with van der Waals surface area (Å²) in [5.41, 5.74) is -0.899. The van der Waals surface area contributed by atoms with Crippen molar-refractivity contribution < 1.29 is 19.7 Å². The van der Waals surface area contributed by atoms with Crippen LogP contribution in [0.25, 0.3) is 0 Å². The van der Waals surface area contributed by atoms with Gasteiger partial charge in [0, 0.05) is 32.9 Å². The minimum absolute atomic E-state index is 0.0834. The monoisotopic (exact) mass is 254 g/mol. The molecule has 1 aromatic rings. The molecule has 0 aliphatic rings. The van der Waals surface area contributed by atoms with Crippen LogP contribution in [0, 0.1) is 0 Å². The van der Waals surface area contributed by atoms with Crippen molar-refractivity contribution in [2.45, 2.75) is 18.9 Å². The molecule has 18 heavy (non-hydrogen) atoms. The van der Waals surface area contributed by atoms with Gasteiger partial charge in [-0.05, 0) is 19.1 Å². The highest BCUT2D eigenvalue weighted by Crippen LogP contribution is 2.15. The summed E-state index contributed by atoms with van der Waals surface area (Å²) in [6.07, 6.45) is 1.95. The van der Waals surface area contributed by atoms with Crippen LogP contribution in [0.1, 0.15) is 23.7 Å². The summed E-state index contributed by atoms with van der Waals surface area (Å²) < 4.78 is 4.89. The van der Waals surface area contributed by atoms with Crippen LogP contribution < -0.4 is 5.32 Å². The van der Waals surface area contributed by atoms with E-state index in [0.717, 1.165) is 0 Å². The summed E-state index contributed by atoms with van der Waals surface area (Å²) in [5.74, 6) is -0.801. The van der Waals surface area contributed by atoms with E-state index in [1.165, 1.54) is 12.3 Å². The third-order valence-corrected chi connectivity index (χ3v) is 2.52. The largest absolute Gasteiger partial charge is 0.478 e. The standard InChI is InChI=1S/C12H18N2O4/c1-12(17,5-7-18-2)8-14-10-9(11(15)16)4-3-6-13-10/h3-4,6,17H,5,7-8H2,1-2H3,(H,13,14)(H,15,16). The maximum atomic E-state index is 11.0. The third kappa shape index (κ3) is 4.31. The minimum atomic E-state index is -1.05. The normalized spacial score (nSPS) is 13.9. The van der Waals surface area contributed by atoms with Gasteiger partial charge in [-0.1, -0.05) is 0 Å². The molecule has 0 spiro atoms. The molecule has 0 radical (unpaired) electrons. The number of ether oxygens (including phenoxy) is 1. The summed E-state index contributed by atoms with van der Waals surface area (Å²) in [5, 5.41) is 21.8. The number of anilines is 1. The molecule has 6 heteroatoms. The molecular formula is C12H18N2O4. The Morgan fingerprint density at radius 3 is 2.94 bits per heavy atom. The molecule has 0 saturated carbocycles. The number of carbonyl (C=O) groups is 1. The number of methoxy groups -OCH3 is 1. The number of hydrogen-bond acceptors (Lipinski definition) is 5. The first-order chi connectivity index (χ1) is 8.46. The van der Waals surface area contributed by atoms with Gasteiger partial charge >= 0.3 is 5.97 Å². The van der Waals surface area contributed by atoms with Crippen molar-refractivity contribution in [1.29, 1.82) is 0 Å². The van der Waals surface area contributed by atoms with Gasteiger partial charge in [-0.15, -0.1) is 0 Å². The topological polar surface area (TPSA) is 91.7 Å². The second-order valence-electron chi connectivity index (χ2n) is 4.30. The Balaban J connectivity index is 2.65. The molecule has 1 unspecified atom stereocenters. The summed E-state index contributed by atoms with van der Waals surface area (Å²) >= 11 is 0. The number of nitrogens with zero attached hydrogens (tertiary/aromatic N) is 1. The van der Waals surface area contributed by atoms with Crippen LogP contribution in [0.15, 0.2) is 18.3 Å². The highest BCUT2D eigenvalue weighted by Gasteiger charge is 2.21. The van der Waals surface area contributed by atoms with Crippen LogP contribution >= 0.6 is 0 Å². The second kappa shape index (κ2) is 6.32. The predicted octanol–water partition coefficient (Wildman–Crippen LogP) is 0.979. The van der Waals surface area contributed by atoms with Gasteiger partial charge in [0.1, 0.15) is 11.4 Å². The number of carboxylic acids is 1. The van der Waals surface area contributed by atoms with E-state index in [0.29, 0.717) is 13.0 Å². The number of pyridine rings is 1. The second-order valence-corrected chi connectivity index (χ2v) is 4.30. The first kappa shape index (κ1) is 14.4. The molecule has 6 nitrogen and oxygen atoms in total. The Labute approximate surface area is 106 Å². The summed E-state index contributed by atoms with van der Waals surface area (Å²) in [6.45, 7) is 2.29. The van der Waals surface area contributed by atoms with Crippen LogP contribution in [0.2, 0.25) is 0 Å². The van der Waals surface area contributed by atoms with Gasteiger partial charge in [-0.2, -0.15) is 0 Å². The van der Waals surface area contributed by atoms with E-state index in [1.807, 2.05) is 0 Å². The zero-order valence-corrected chi connectivity index (χ0v) is 10.5. The maximum Gasteiger partial charge on any atom is 0.339 e. The summed E-state index contributed by atoms with van der Waals surface area (Å²) in [7, 11) is 1.56. The molecule has 1 aromatic heterocycles. The van der Waals surface area contributed by atoms with Crippen molar-refractivity contribution >= 4 is 11.8 Å². The van der Waals surface area contributed by atoms with Crippen LogP contribution in [0.3, 0.4) is 0 Å². The van der Waals surface area contributed by atoms with E-state index in [4.69, 9.17) is 9.84 Å². The number of aromatic carboxylic acids is 1. The molecule has 0 fully saturated rings. The van der Waals surface area contributed by atoms with Gasteiger partial charge < -0.3 is 20.3 Å². The van der Waals surface area contributed by atoms with E-state index in [9.17, 15) is 9.90 Å². The van der Waals surface area contributed by atoms with Crippen LogP contribution in [-0.4, -0.2) is 47.0 Å². The van der Waals surface area contributed by atoms with Gasteiger partial charge in [-0.25, -0.2) is 9.78 Å². The first-order valence-electron chi connectivity index (χ1n) is 5.60. The molecule has 0 saturated heterocycles. The lowest BCUT2D eigenvalue weighted by atomic mass is 10.0. The van der Waals surface area contributed by atoms with Crippen LogP contribution in [0.4, 0.5) is 5.82 Å². The lowest BCUT2D eigenvalue weighted by molar-refractivity contribution is 0.0356. The zero-order valence-electron chi connectivity index (χ0n) is 10.5. The minimum Gasteiger partial charge on any atom is -0.478 e. The molecule has 0 amide bonds. The Hall–Kier alpha value is -1.66. The molecule has 0 bridgehead atoms. The molecule has 1 atom stereocenters. The van der Waals surface area contributed by atoms with Gasteiger partial charge in [0.05, 0.1) is 5.60 Å². The van der Waals surface area contributed by atoms with Gasteiger partial charge in [0.2, 0.25) is 0 Å². The first-order valence-corrected chi connectivity index (χ1v) is 5.60. The number of carboxylic acid groups (broad SMARTS) is 1. The Kier molecular flexibility index (Phi) is 5.06. The molecule has 100 valence electrons. The van der Waals surface area contributed by atoms with Crippen molar-refractivity contribution in [3.63, 3.8) is 0 Å². The zero-order chi connectivity index (χ0) is 13.6. The number of aromatic nitrogens is 1. The molecule has 0 aliphatic carbocycles. The van der Waals surface area contributed by atoms with E-state index in [2.05, 4.69) is 10.3 Å². The van der Waals surface area contributed by atoms with Crippen molar-refractivity contribution in [3.05, 3.63) is 23.9 Å². The van der Waals surface area contributed by atoms with Crippen molar-refractivity contribution in [1.82, 2.24) is 4.98 Å². The average molecular weight is 254 g/mol. The van der Waals surface area contributed by atoms with E-state index < -0.39 is 11.6 Å². The lowest BCUT2D eigenvalue weighted by Gasteiger charge is -2.23. The Morgan fingerprint density at radius 1 is 1.61 bits per heavy atom. The molecule has 1 heterocycles. The Morgan fingerprint density at radius 2 is 2.33 bits per heavy atom. The average Bonchev–Trinajstić information content (AvgIpc) is 2.34. The molecule has 1 rings (SSSR count). The van der Waals surface area contributed by atoms with Gasteiger partial charge in [0.15, 0.2) is 0 Å². The van der Waals surface area contributed by atoms with Crippen molar-refractivity contribution in [3.8, 4) is 0 Å². The fraction of sp³-hybridized carbons (Fsp3) is 0.500. The lowest BCUT2D eigenvalue weighted by Crippen LogP contribution is -2.35. The number of aliphatic hydroxyl groups is 1. The highest BCUT2D eigenvalue weighted by atomic mass is 16.5. The van der Waals surface area contributed by atoms with E-state index in [1.54, 1.807) is 20.1 Å². The van der Waals surface area contributed by atoms with Gasteiger partial charge in [0.25, 0.3) is 0 Å². The van der Waals surface area contributed by atoms with E-state index in [-0.39, 0.29) is 17.9 Å². The molecular weight excluding hydrogens is 236 g/mol. The van der Waals surface area contributed by atoms with Crippen molar-refractivity contribution in [2.24, 2.45) is 0 Å². The SMILES string of the molecule is COCCC(C)(O)CNc1ncccc1C(=O)O. The van der Waals surface area contributed by atoms with Crippen LogP contribution in [-0.2, 0) is 4.74 Å². The number of rotatable bonds is 7. The molecule has 0 aliphatic heterocycles. The summed E-state index contributed by atoms with van der Waals surface area (Å²) in [6, 6.07) is 3.01. The maximum absolute atomic E-state index is 11.0. The molecule has 0 aromatic carbocycles. The van der Waals surface area contributed by atoms with Crippen LogP contribution in [0.5, 0.6) is 0 Å². The number of hydrogen-bond donors (Lipinski definition) is 3. The Bertz CT molecular complexity index is 407. The number of nitrogens with one attached hydrogen (secondary N) is 1. The quantitative estimate of drug-likeness (QED) is 0.671. The third-order valence-electron chi connectivity index (χ3n) is 2.52.